The van der Waals surface area contributed by atoms with E-state index in [1.165, 1.54) is 11.3 Å². The first-order valence-electron chi connectivity index (χ1n) is 8.52. The van der Waals surface area contributed by atoms with Crippen molar-refractivity contribution in [2.24, 2.45) is 0 Å². The zero-order valence-electron chi connectivity index (χ0n) is 14.9. The molecule has 0 aliphatic rings. The van der Waals surface area contributed by atoms with Crippen LogP contribution in [0.4, 0.5) is 5.69 Å². The van der Waals surface area contributed by atoms with Crippen molar-refractivity contribution in [1.29, 1.82) is 0 Å². The van der Waals surface area contributed by atoms with Gasteiger partial charge in [0.2, 0.25) is 5.91 Å². The Morgan fingerprint density at radius 3 is 2.54 bits per heavy atom. The first-order chi connectivity index (χ1) is 12.5. The Hall–Kier alpha value is -2.67. The fourth-order valence-electron chi connectivity index (χ4n) is 2.22. The van der Waals surface area contributed by atoms with Gasteiger partial charge in [-0.3, -0.25) is 14.4 Å². The second kappa shape index (κ2) is 9.72. The Balaban J connectivity index is 1.92. The van der Waals surface area contributed by atoms with Crippen molar-refractivity contribution in [2.75, 3.05) is 11.9 Å². The maximum Gasteiger partial charge on any atom is 0.265 e. The van der Waals surface area contributed by atoms with Crippen LogP contribution in [0.1, 0.15) is 46.7 Å². The van der Waals surface area contributed by atoms with Gasteiger partial charge >= 0.3 is 0 Å². The summed E-state index contributed by atoms with van der Waals surface area (Å²) >= 11 is 1.33. The van der Waals surface area contributed by atoms with Gasteiger partial charge < -0.3 is 16.0 Å². The maximum absolute atomic E-state index is 12.4. The van der Waals surface area contributed by atoms with Gasteiger partial charge in [0.15, 0.2) is 0 Å². The number of anilines is 1. The monoisotopic (exact) mass is 373 g/mol. The number of thiophene rings is 1. The van der Waals surface area contributed by atoms with Crippen LogP contribution in [0.2, 0.25) is 0 Å². The van der Waals surface area contributed by atoms with Gasteiger partial charge in [0.05, 0.1) is 16.1 Å². The standard InChI is InChI=1S/C19H23N3O3S/c1-3-13(2)21-17(23)10-11-20-18(24)14-7-4-5-8-15(14)22-19(25)16-9-6-12-26-16/h4-9,12-13H,3,10-11H2,1-2H3,(H,20,24)(H,21,23)(H,22,25). The van der Waals surface area contributed by atoms with Crippen molar-refractivity contribution in [2.45, 2.75) is 32.7 Å². The second-order valence-corrected chi connectivity index (χ2v) is 6.81. The molecule has 1 aromatic heterocycles. The summed E-state index contributed by atoms with van der Waals surface area (Å²) in [6.07, 6.45) is 1.06. The van der Waals surface area contributed by atoms with Gasteiger partial charge in [-0.15, -0.1) is 11.3 Å². The number of rotatable bonds is 8. The number of carbonyl (C=O) groups is 3. The highest BCUT2D eigenvalue weighted by atomic mass is 32.1. The summed E-state index contributed by atoms with van der Waals surface area (Å²) in [5, 5.41) is 10.1. The van der Waals surface area contributed by atoms with E-state index >= 15 is 0 Å². The zero-order valence-corrected chi connectivity index (χ0v) is 15.7. The number of amides is 3. The van der Waals surface area contributed by atoms with Crippen LogP contribution >= 0.6 is 11.3 Å². The Labute approximate surface area is 157 Å². The topological polar surface area (TPSA) is 87.3 Å². The minimum absolute atomic E-state index is 0.0982. The number of hydrogen-bond donors (Lipinski definition) is 3. The summed E-state index contributed by atoms with van der Waals surface area (Å²) in [7, 11) is 0. The molecule has 1 atom stereocenters. The molecule has 26 heavy (non-hydrogen) atoms. The molecule has 0 fully saturated rings. The van der Waals surface area contributed by atoms with Crippen LogP contribution in [0, 0.1) is 0 Å². The predicted octanol–water partition coefficient (Wildman–Crippen LogP) is 3.04. The fraction of sp³-hybridized carbons (Fsp3) is 0.316. The largest absolute Gasteiger partial charge is 0.354 e. The molecule has 0 radical (unpaired) electrons. The molecule has 1 unspecified atom stereocenters. The van der Waals surface area contributed by atoms with Crippen molar-refractivity contribution < 1.29 is 14.4 Å². The first kappa shape index (κ1) is 19.7. The Morgan fingerprint density at radius 2 is 1.85 bits per heavy atom. The van der Waals surface area contributed by atoms with E-state index in [-0.39, 0.29) is 36.7 Å². The Kier molecular flexibility index (Phi) is 7.35. The SMILES string of the molecule is CCC(C)NC(=O)CCNC(=O)c1ccccc1NC(=O)c1cccs1. The highest BCUT2D eigenvalue weighted by molar-refractivity contribution is 7.12. The van der Waals surface area contributed by atoms with Crippen molar-refractivity contribution in [1.82, 2.24) is 10.6 Å². The van der Waals surface area contributed by atoms with E-state index in [1.54, 1.807) is 36.4 Å². The van der Waals surface area contributed by atoms with E-state index in [2.05, 4.69) is 16.0 Å². The summed E-state index contributed by atoms with van der Waals surface area (Å²) in [5.41, 5.74) is 0.798. The van der Waals surface area contributed by atoms with E-state index in [0.717, 1.165) is 6.42 Å². The number of para-hydroxylation sites is 1. The van der Waals surface area contributed by atoms with Gasteiger partial charge in [-0.05, 0) is 36.9 Å². The van der Waals surface area contributed by atoms with E-state index < -0.39 is 0 Å². The second-order valence-electron chi connectivity index (χ2n) is 5.86. The first-order valence-corrected chi connectivity index (χ1v) is 9.40. The van der Waals surface area contributed by atoms with Crippen LogP contribution in [-0.2, 0) is 4.79 Å². The average Bonchev–Trinajstić information content (AvgIpc) is 3.16. The van der Waals surface area contributed by atoms with Crippen LogP contribution < -0.4 is 16.0 Å². The van der Waals surface area contributed by atoms with Crippen molar-refractivity contribution in [3.8, 4) is 0 Å². The van der Waals surface area contributed by atoms with Gasteiger partial charge in [0.25, 0.3) is 11.8 Å². The van der Waals surface area contributed by atoms with E-state index in [4.69, 9.17) is 0 Å². The summed E-state index contributed by atoms with van der Waals surface area (Å²) in [6, 6.07) is 10.4. The highest BCUT2D eigenvalue weighted by Gasteiger charge is 2.15. The van der Waals surface area contributed by atoms with Crippen molar-refractivity contribution in [3.05, 3.63) is 52.2 Å². The molecule has 138 valence electrons. The molecular weight excluding hydrogens is 350 g/mol. The molecule has 0 saturated heterocycles. The van der Waals surface area contributed by atoms with Gasteiger partial charge in [0.1, 0.15) is 0 Å². The van der Waals surface area contributed by atoms with Gasteiger partial charge in [-0.1, -0.05) is 25.1 Å². The number of nitrogens with one attached hydrogen (secondary N) is 3. The molecule has 0 aliphatic heterocycles. The molecule has 0 saturated carbocycles. The van der Waals surface area contributed by atoms with Gasteiger partial charge in [-0.25, -0.2) is 0 Å². The van der Waals surface area contributed by atoms with Crippen LogP contribution in [0.25, 0.3) is 0 Å². The predicted molar refractivity (Wildman–Crippen MR) is 104 cm³/mol. The molecule has 0 bridgehead atoms. The van der Waals surface area contributed by atoms with Crippen LogP contribution in [0.3, 0.4) is 0 Å². The Morgan fingerprint density at radius 1 is 1.08 bits per heavy atom. The third-order valence-corrected chi connectivity index (χ3v) is 4.69. The minimum Gasteiger partial charge on any atom is -0.354 e. The molecule has 7 heteroatoms. The van der Waals surface area contributed by atoms with E-state index in [9.17, 15) is 14.4 Å². The summed E-state index contributed by atoms with van der Waals surface area (Å²) in [4.78, 5) is 36.9. The normalized spacial score (nSPS) is 11.5. The Bertz CT molecular complexity index is 759. The quantitative estimate of drug-likeness (QED) is 0.665. The lowest BCUT2D eigenvalue weighted by atomic mass is 10.1. The molecule has 6 nitrogen and oxygen atoms in total. The number of carbonyl (C=O) groups excluding carboxylic acids is 3. The number of benzene rings is 1. The van der Waals surface area contributed by atoms with Crippen LogP contribution in [-0.4, -0.2) is 30.3 Å². The van der Waals surface area contributed by atoms with E-state index in [0.29, 0.717) is 16.1 Å². The highest BCUT2D eigenvalue weighted by Crippen LogP contribution is 2.17. The average molecular weight is 373 g/mol. The molecular formula is C19H23N3O3S. The molecule has 1 aromatic carbocycles. The van der Waals surface area contributed by atoms with Crippen LogP contribution in [0.15, 0.2) is 41.8 Å². The molecule has 3 N–H and O–H groups in total. The third kappa shape index (κ3) is 5.70. The maximum atomic E-state index is 12.4. The molecule has 0 spiro atoms. The lowest BCUT2D eigenvalue weighted by molar-refractivity contribution is -0.121. The lowest BCUT2D eigenvalue weighted by Crippen LogP contribution is -2.35. The van der Waals surface area contributed by atoms with Crippen LogP contribution in [0.5, 0.6) is 0 Å². The zero-order chi connectivity index (χ0) is 18.9. The van der Waals surface area contributed by atoms with E-state index in [1.807, 2.05) is 19.2 Å². The molecule has 2 rings (SSSR count). The van der Waals surface area contributed by atoms with Gasteiger partial charge in [0, 0.05) is 19.0 Å². The summed E-state index contributed by atoms with van der Waals surface area (Å²) < 4.78 is 0. The molecule has 0 aliphatic carbocycles. The summed E-state index contributed by atoms with van der Waals surface area (Å²) in [5.74, 6) is -0.685. The van der Waals surface area contributed by atoms with Crippen molar-refractivity contribution >= 4 is 34.7 Å². The van der Waals surface area contributed by atoms with Crippen molar-refractivity contribution in [3.63, 3.8) is 0 Å². The fourth-order valence-corrected chi connectivity index (χ4v) is 2.83. The molecule has 3 amide bonds. The smallest absolute Gasteiger partial charge is 0.265 e. The number of hydrogen-bond acceptors (Lipinski definition) is 4. The lowest BCUT2D eigenvalue weighted by Gasteiger charge is -2.13. The molecule has 2 aromatic rings. The van der Waals surface area contributed by atoms with Gasteiger partial charge in [-0.2, -0.15) is 0 Å². The third-order valence-electron chi connectivity index (χ3n) is 3.82. The molecule has 1 heterocycles. The summed E-state index contributed by atoms with van der Waals surface area (Å²) in [6.45, 7) is 4.16. The minimum atomic E-state index is -0.330.